The molecule has 2 aromatic carbocycles. The fourth-order valence-electron chi connectivity index (χ4n) is 2.35. The van der Waals surface area contributed by atoms with Gasteiger partial charge in [-0.05, 0) is 75.7 Å². The van der Waals surface area contributed by atoms with E-state index in [1.165, 1.54) is 7.11 Å². The number of halogens is 2. The van der Waals surface area contributed by atoms with Crippen molar-refractivity contribution in [3.8, 4) is 5.75 Å². The number of carbonyl (C=O) groups excluding carboxylic acids is 3. The quantitative estimate of drug-likeness (QED) is 0.446. The van der Waals surface area contributed by atoms with Crippen molar-refractivity contribution >= 4 is 68.2 Å². The van der Waals surface area contributed by atoms with E-state index in [1.807, 2.05) is 0 Å². The Morgan fingerprint density at radius 3 is 2.57 bits per heavy atom. The van der Waals surface area contributed by atoms with E-state index in [0.29, 0.717) is 31.4 Å². The highest BCUT2D eigenvalue weighted by molar-refractivity contribution is 9.10. The summed E-state index contributed by atoms with van der Waals surface area (Å²) in [6.07, 6.45) is 1.62. The summed E-state index contributed by atoms with van der Waals surface area (Å²) in [7, 11) is 1.28. The van der Waals surface area contributed by atoms with Gasteiger partial charge in [0.25, 0.3) is 11.1 Å². The van der Waals surface area contributed by atoms with Gasteiger partial charge in [0.2, 0.25) is 0 Å². The lowest BCUT2D eigenvalue weighted by Crippen LogP contribution is -2.27. The molecule has 2 amide bonds. The Morgan fingerprint density at radius 2 is 1.93 bits per heavy atom. The van der Waals surface area contributed by atoms with Gasteiger partial charge in [0, 0.05) is 5.02 Å². The lowest BCUT2D eigenvalue weighted by molar-refractivity contribution is -0.142. The zero-order valence-electron chi connectivity index (χ0n) is 14.5. The molecule has 0 atom stereocenters. The van der Waals surface area contributed by atoms with Gasteiger partial charge in [0.05, 0.1) is 22.2 Å². The fourth-order valence-corrected chi connectivity index (χ4v) is 3.83. The van der Waals surface area contributed by atoms with Crippen molar-refractivity contribution in [2.45, 2.75) is 0 Å². The Kier molecular flexibility index (Phi) is 6.43. The van der Waals surface area contributed by atoms with Crippen LogP contribution >= 0.6 is 39.3 Å². The smallest absolute Gasteiger partial charge is 0.343 e. The first-order chi connectivity index (χ1) is 13.4. The summed E-state index contributed by atoms with van der Waals surface area (Å²) >= 11 is 10.1. The third kappa shape index (κ3) is 4.57. The van der Waals surface area contributed by atoms with Crippen LogP contribution in [0.25, 0.3) is 6.08 Å². The van der Waals surface area contributed by atoms with Crippen LogP contribution in [0.5, 0.6) is 5.75 Å². The minimum absolute atomic E-state index is 0.214. The van der Waals surface area contributed by atoms with Crippen molar-refractivity contribution in [1.82, 2.24) is 0 Å². The molecule has 3 rings (SSSR count). The van der Waals surface area contributed by atoms with Gasteiger partial charge in [-0.1, -0.05) is 17.7 Å². The van der Waals surface area contributed by atoms with E-state index in [2.05, 4.69) is 20.7 Å². The predicted molar refractivity (Wildman–Crippen MR) is 112 cm³/mol. The van der Waals surface area contributed by atoms with E-state index < -0.39 is 11.9 Å². The Hall–Kier alpha value is -2.29. The topological polar surface area (TPSA) is 72.9 Å². The molecule has 1 aliphatic rings. The second kappa shape index (κ2) is 8.81. The number of nitrogens with zero attached hydrogens (tertiary/aromatic N) is 1. The monoisotopic (exact) mass is 481 g/mol. The Balaban J connectivity index is 1.79. The molecular weight excluding hydrogens is 470 g/mol. The molecule has 1 fully saturated rings. The summed E-state index contributed by atoms with van der Waals surface area (Å²) in [4.78, 5) is 37.5. The summed E-state index contributed by atoms with van der Waals surface area (Å²) in [5, 5.41) is 0.140. The van der Waals surface area contributed by atoms with Gasteiger partial charge in [-0.15, -0.1) is 0 Å². The SMILES string of the molecule is COC(=O)COc1ccc(/C=C2/SC(=O)N(c3ccc(Cl)cc3)C2=O)cc1Br. The van der Waals surface area contributed by atoms with Gasteiger partial charge in [0.1, 0.15) is 5.75 Å². The highest BCUT2D eigenvalue weighted by Crippen LogP contribution is 2.36. The first kappa shape index (κ1) is 20.4. The molecular formula is C19H13BrClNO5S. The molecule has 0 spiro atoms. The number of methoxy groups -OCH3 is 1. The fraction of sp³-hybridized carbons (Fsp3) is 0.105. The minimum atomic E-state index is -0.494. The number of hydrogen-bond acceptors (Lipinski definition) is 6. The van der Waals surface area contributed by atoms with Crippen LogP contribution in [0.4, 0.5) is 10.5 Å². The second-order valence-corrected chi connectivity index (χ2v) is 7.83. The van der Waals surface area contributed by atoms with Crippen molar-refractivity contribution in [2.24, 2.45) is 0 Å². The lowest BCUT2D eigenvalue weighted by Gasteiger charge is -2.12. The number of thioether (sulfide) groups is 1. The average molecular weight is 483 g/mol. The number of carbonyl (C=O) groups is 3. The molecule has 0 aromatic heterocycles. The molecule has 0 radical (unpaired) electrons. The van der Waals surface area contributed by atoms with E-state index in [4.69, 9.17) is 16.3 Å². The van der Waals surface area contributed by atoms with E-state index in [9.17, 15) is 14.4 Å². The molecule has 0 bridgehead atoms. The summed E-state index contributed by atoms with van der Waals surface area (Å²) in [6.45, 7) is -0.214. The van der Waals surface area contributed by atoms with Gasteiger partial charge in [-0.2, -0.15) is 0 Å². The number of hydrogen-bond donors (Lipinski definition) is 0. The van der Waals surface area contributed by atoms with Crippen molar-refractivity contribution in [3.05, 3.63) is 62.4 Å². The molecule has 0 unspecified atom stereocenters. The first-order valence-electron chi connectivity index (χ1n) is 7.91. The van der Waals surface area contributed by atoms with E-state index in [-0.39, 0.29) is 11.8 Å². The lowest BCUT2D eigenvalue weighted by atomic mass is 10.2. The molecule has 28 heavy (non-hydrogen) atoms. The molecule has 1 heterocycles. The highest BCUT2D eigenvalue weighted by Gasteiger charge is 2.36. The van der Waals surface area contributed by atoms with E-state index >= 15 is 0 Å². The van der Waals surface area contributed by atoms with Crippen LogP contribution in [0, 0.1) is 0 Å². The number of benzene rings is 2. The molecule has 6 nitrogen and oxygen atoms in total. The van der Waals surface area contributed by atoms with Crippen LogP contribution in [-0.4, -0.2) is 30.8 Å². The molecule has 0 saturated carbocycles. The van der Waals surface area contributed by atoms with Crippen molar-refractivity contribution in [3.63, 3.8) is 0 Å². The normalized spacial score (nSPS) is 15.2. The minimum Gasteiger partial charge on any atom is -0.481 e. The number of esters is 1. The van der Waals surface area contributed by atoms with Crippen LogP contribution in [-0.2, 0) is 14.3 Å². The third-order valence-electron chi connectivity index (χ3n) is 3.71. The van der Waals surface area contributed by atoms with Gasteiger partial charge in [-0.25, -0.2) is 9.69 Å². The number of imide groups is 1. The van der Waals surface area contributed by atoms with Crippen LogP contribution in [0.1, 0.15) is 5.56 Å². The molecule has 2 aromatic rings. The zero-order valence-corrected chi connectivity index (χ0v) is 17.6. The van der Waals surface area contributed by atoms with Crippen LogP contribution in [0.3, 0.4) is 0 Å². The number of amides is 2. The molecule has 0 aliphatic carbocycles. The summed E-state index contributed by atoms with van der Waals surface area (Å²) in [5.41, 5.74) is 1.15. The maximum atomic E-state index is 12.7. The molecule has 1 aliphatic heterocycles. The van der Waals surface area contributed by atoms with Crippen LogP contribution in [0.2, 0.25) is 5.02 Å². The molecule has 9 heteroatoms. The Morgan fingerprint density at radius 1 is 1.21 bits per heavy atom. The average Bonchev–Trinajstić information content (AvgIpc) is 2.95. The predicted octanol–water partition coefficient (Wildman–Crippen LogP) is 4.90. The largest absolute Gasteiger partial charge is 0.481 e. The number of ether oxygens (including phenoxy) is 2. The highest BCUT2D eigenvalue weighted by atomic mass is 79.9. The van der Waals surface area contributed by atoms with Crippen molar-refractivity contribution < 1.29 is 23.9 Å². The Labute approximate surface area is 178 Å². The number of anilines is 1. The van der Waals surface area contributed by atoms with Crippen LogP contribution in [0.15, 0.2) is 51.8 Å². The van der Waals surface area contributed by atoms with Crippen molar-refractivity contribution in [1.29, 1.82) is 0 Å². The van der Waals surface area contributed by atoms with Gasteiger partial charge in [-0.3, -0.25) is 9.59 Å². The summed E-state index contributed by atoms with van der Waals surface area (Å²) in [5.74, 6) is -0.442. The van der Waals surface area contributed by atoms with Crippen LogP contribution < -0.4 is 9.64 Å². The maximum absolute atomic E-state index is 12.7. The first-order valence-corrected chi connectivity index (χ1v) is 9.90. The van der Waals surface area contributed by atoms with Crippen molar-refractivity contribution in [2.75, 3.05) is 18.6 Å². The standard InChI is InChI=1S/C19H13BrClNO5S/c1-26-17(23)10-27-15-7-2-11(8-14(15)20)9-16-18(24)22(19(25)28-16)13-5-3-12(21)4-6-13/h2-9H,10H2,1H3/b16-9+. The van der Waals surface area contributed by atoms with Gasteiger partial charge in [0.15, 0.2) is 6.61 Å². The second-order valence-electron chi connectivity index (χ2n) is 5.55. The molecule has 0 N–H and O–H groups in total. The summed E-state index contributed by atoms with van der Waals surface area (Å²) < 4.78 is 10.5. The van der Waals surface area contributed by atoms with E-state index in [0.717, 1.165) is 16.7 Å². The van der Waals surface area contributed by atoms with Gasteiger partial charge >= 0.3 is 5.97 Å². The van der Waals surface area contributed by atoms with E-state index in [1.54, 1.807) is 48.5 Å². The molecule has 1 saturated heterocycles. The maximum Gasteiger partial charge on any atom is 0.343 e. The summed E-state index contributed by atoms with van der Waals surface area (Å²) in [6, 6.07) is 11.6. The zero-order chi connectivity index (χ0) is 20.3. The molecule has 144 valence electrons. The number of rotatable bonds is 5. The Bertz CT molecular complexity index is 977. The third-order valence-corrected chi connectivity index (χ3v) is 5.45. The van der Waals surface area contributed by atoms with Gasteiger partial charge < -0.3 is 9.47 Å².